The Balaban J connectivity index is 2.34. The molecule has 0 amide bonds. The number of ether oxygens (including phenoxy) is 1. The van der Waals surface area contributed by atoms with Gasteiger partial charge in [0.15, 0.2) is 0 Å². The average Bonchev–Trinajstić information content (AvgIpc) is 2.39. The van der Waals surface area contributed by atoms with Gasteiger partial charge in [0.1, 0.15) is 5.75 Å². The van der Waals surface area contributed by atoms with Crippen LogP contribution in [-0.2, 0) is 10.8 Å². The Hall–Kier alpha value is -0.870. The highest BCUT2D eigenvalue weighted by atomic mass is 32.2. The third-order valence-corrected chi connectivity index (χ3v) is 4.28. The van der Waals surface area contributed by atoms with Crippen molar-refractivity contribution in [3.8, 4) is 5.75 Å². The maximum Gasteiger partial charge on any atom is 0.120 e. The molecule has 1 aliphatic heterocycles. The second-order valence-electron chi connectivity index (χ2n) is 4.38. The van der Waals surface area contributed by atoms with Crippen molar-refractivity contribution in [1.29, 1.82) is 0 Å². The molecule has 1 fully saturated rings. The predicted molar refractivity (Wildman–Crippen MR) is 70.2 cm³/mol. The summed E-state index contributed by atoms with van der Waals surface area (Å²) in [7, 11) is 0.686. The summed E-state index contributed by atoms with van der Waals surface area (Å²) in [6.07, 6.45) is 3.98. The summed E-state index contributed by atoms with van der Waals surface area (Å²) in [6, 6.07) is 5.95. The lowest BCUT2D eigenvalue weighted by Gasteiger charge is -2.24. The maximum absolute atomic E-state index is 11.8. The lowest BCUT2D eigenvalue weighted by molar-refractivity contribution is 0.411. The van der Waals surface area contributed by atoms with Gasteiger partial charge in [-0.15, -0.1) is 0 Å². The zero-order valence-corrected chi connectivity index (χ0v) is 11.2. The molecule has 1 heterocycles. The van der Waals surface area contributed by atoms with Gasteiger partial charge in [0.2, 0.25) is 0 Å². The number of hydrogen-bond acceptors (Lipinski definition) is 3. The van der Waals surface area contributed by atoms with Gasteiger partial charge in [0.05, 0.1) is 17.9 Å². The van der Waals surface area contributed by atoms with Crippen molar-refractivity contribution in [3.05, 3.63) is 23.8 Å². The number of hydrogen-bond donors (Lipinski definition) is 1. The van der Waals surface area contributed by atoms with E-state index in [9.17, 15) is 4.21 Å². The monoisotopic (exact) mass is 253 g/mol. The molecule has 1 N–H and O–H groups in total. The van der Waals surface area contributed by atoms with Gasteiger partial charge >= 0.3 is 0 Å². The van der Waals surface area contributed by atoms with Crippen LogP contribution in [0.15, 0.2) is 23.1 Å². The fourth-order valence-electron chi connectivity index (χ4n) is 2.36. The molecule has 3 nitrogen and oxygen atoms in total. The van der Waals surface area contributed by atoms with E-state index in [2.05, 4.69) is 11.4 Å². The average molecular weight is 253 g/mol. The van der Waals surface area contributed by atoms with Crippen molar-refractivity contribution in [2.75, 3.05) is 26.5 Å². The first-order chi connectivity index (χ1) is 8.22. The van der Waals surface area contributed by atoms with Gasteiger partial charge in [-0.1, -0.05) is 6.07 Å². The van der Waals surface area contributed by atoms with Gasteiger partial charge in [-0.3, -0.25) is 4.21 Å². The minimum Gasteiger partial charge on any atom is -0.497 e. The molecule has 0 aromatic heterocycles. The van der Waals surface area contributed by atoms with E-state index in [0.29, 0.717) is 5.92 Å². The minimum atomic E-state index is -0.954. The second kappa shape index (κ2) is 5.65. The Bertz CT molecular complexity index is 414. The van der Waals surface area contributed by atoms with Crippen LogP contribution in [0.5, 0.6) is 5.75 Å². The van der Waals surface area contributed by atoms with Crippen molar-refractivity contribution < 1.29 is 8.95 Å². The molecule has 1 atom stereocenters. The van der Waals surface area contributed by atoms with Crippen LogP contribution in [0.1, 0.15) is 24.3 Å². The molecule has 0 bridgehead atoms. The van der Waals surface area contributed by atoms with Crippen molar-refractivity contribution in [2.45, 2.75) is 23.7 Å². The standard InChI is InChI=1S/C13H19NO2S/c1-16-11-3-4-12(13(9-11)17(2)15)10-5-7-14-8-6-10/h3-4,9-10,14H,5-8H2,1-2H3/t17-/m1/s1. The number of rotatable bonds is 3. The lowest BCUT2D eigenvalue weighted by atomic mass is 9.90. The zero-order chi connectivity index (χ0) is 12.3. The first kappa shape index (κ1) is 12.6. The van der Waals surface area contributed by atoms with Crippen LogP contribution in [0, 0.1) is 0 Å². The minimum absolute atomic E-state index is 0.529. The summed E-state index contributed by atoms with van der Waals surface area (Å²) in [6.45, 7) is 2.10. The van der Waals surface area contributed by atoms with E-state index in [1.165, 1.54) is 5.56 Å². The number of nitrogens with one attached hydrogen (secondary N) is 1. The summed E-state index contributed by atoms with van der Waals surface area (Å²) in [4.78, 5) is 0.927. The van der Waals surface area contributed by atoms with Crippen LogP contribution >= 0.6 is 0 Å². The van der Waals surface area contributed by atoms with Crippen molar-refractivity contribution >= 4 is 10.8 Å². The summed E-state index contributed by atoms with van der Waals surface area (Å²) in [5.41, 5.74) is 1.23. The van der Waals surface area contributed by atoms with E-state index in [4.69, 9.17) is 4.74 Å². The molecule has 1 aromatic rings. The second-order valence-corrected chi connectivity index (χ2v) is 5.73. The topological polar surface area (TPSA) is 38.3 Å². The van der Waals surface area contributed by atoms with Crippen LogP contribution in [0.4, 0.5) is 0 Å². The summed E-state index contributed by atoms with van der Waals surface area (Å²) in [5.74, 6) is 1.31. The van der Waals surface area contributed by atoms with Crippen LogP contribution in [-0.4, -0.2) is 30.7 Å². The van der Waals surface area contributed by atoms with Crippen molar-refractivity contribution in [1.82, 2.24) is 5.32 Å². The van der Waals surface area contributed by atoms with E-state index >= 15 is 0 Å². The molecule has 1 aromatic carbocycles. The Morgan fingerprint density at radius 2 is 2.06 bits per heavy atom. The molecule has 94 valence electrons. The van der Waals surface area contributed by atoms with Gasteiger partial charge in [-0.25, -0.2) is 0 Å². The number of piperidine rings is 1. The summed E-state index contributed by atoms with van der Waals surface area (Å²) < 4.78 is 17.0. The molecular weight excluding hydrogens is 234 g/mol. The van der Waals surface area contributed by atoms with Gasteiger partial charge in [-0.05, 0) is 49.5 Å². The highest BCUT2D eigenvalue weighted by Gasteiger charge is 2.19. The molecule has 0 radical (unpaired) electrons. The number of methoxy groups -OCH3 is 1. The lowest BCUT2D eigenvalue weighted by Crippen LogP contribution is -2.27. The van der Waals surface area contributed by atoms with Gasteiger partial charge in [-0.2, -0.15) is 0 Å². The molecule has 4 heteroatoms. The number of benzene rings is 1. The normalized spacial score (nSPS) is 18.9. The van der Waals surface area contributed by atoms with Crippen molar-refractivity contribution in [2.24, 2.45) is 0 Å². The SMILES string of the molecule is COc1ccc(C2CCNCC2)c([S@@](C)=O)c1. The molecule has 1 aliphatic rings. The Kier molecular flexibility index (Phi) is 4.18. The predicted octanol–water partition coefficient (Wildman–Crippen LogP) is 1.90. The first-order valence-electron chi connectivity index (χ1n) is 5.94. The molecule has 17 heavy (non-hydrogen) atoms. The van der Waals surface area contributed by atoms with Crippen LogP contribution in [0.25, 0.3) is 0 Å². The molecule has 0 saturated carbocycles. The van der Waals surface area contributed by atoms with E-state index in [1.54, 1.807) is 13.4 Å². The van der Waals surface area contributed by atoms with Gasteiger partial charge in [0, 0.05) is 11.2 Å². The summed E-state index contributed by atoms with van der Waals surface area (Å²) >= 11 is 0. The smallest absolute Gasteiger partial charge is 0.120 e. The molecule has 0 unspecified atom stereocenters. The van der Waals surface area contributed by atoms with E-state index < -0.39 is 10.8 Å². The van der Waals surface area contributed by atoms with Gasteiger partial charge < -0.3 is 10.1 Å². The highest BCUT2D eigenvalue weighted by Crippen LogP contribution is 2.31. The fraction of sp³-hybridized carbons (Fsp3) is 0.538. The Labute approximate surface area is 105 Å². The van der Waals surface area contributed by atoms with E-state index in [0.717, 1.165) is 36.6 Å². The zero-order valence-electron chi connectivity index (χ0n) is 10.4. The molecular formula is C13H19NO2S. The Morgan fingerprint density at radius 3 is 2.65 bits per heavy atom. The molecule has 1 saturated heterocycles. The quantitative estimate of drug-likeness (QED) is 0.894. The largest absolute Gasteiger partial charge is 0.497 e. The molecule has 0 spiro atoms. The van der Waals surface area contributed by atoms with E-state index in [-0.39, 0.29) is 0 Å². The Morgan fingerprint density at radius 1 is 1.35 bits per heavy atom. The summed E-state index contributed by atoms with van der Waals surface area (Å²) in [5, 5.41) is 3.36. The third-order valence-electron chi connectivity index (χ3n) is 3.31. The van der Waals surface area contributed by atoms with E-state index in [1.807, 2.05) is 12.1 Å². The van der Waals surface area contributed by atoms with Crippen LogP contribution < -0.4 is 10.1 Å². The molecule has 0 aliphatic carbocycles. The fourth-order valence-corrected chi connectivity index (χ4v) is 3.21. The first-order valence-corrected chi connectivity index (χ1v) is 7.50. The van der Waals surface area contributed by atoms with Crippen LogP contribution in [0.3, 0.4) is 0 Å². The third kappa shape index (κ3) is 2.87. The van der Waals surface area contributed by atoms with Crippen molar-refractivity contribution in [3.63, 3.8) is 0 Å². The van der Waals surface area contributed by atoms with Crippen LogP contribution in [0.2, 0.25) is 0 Å². The van der Waals surface area contributed by atoms with Gasteiger partial charge in [0.25, 0.3) is 0 Å². The highest BCUT2D eigenvalue weighted by molar-refractivity contribution is 7.84. The maximum atomic E-state index is 11.8. The molecule has 2 rings (SSSR count).